The molecule has 2 heteroatoms. The lowest BCUT2D eigenvalue weighted by molar-refractivity contribution is 0.0901. The molecular formula is C21H44O2. The van der Waals surface area contributed by atoms with Crippen molar-refractivity contribution in [3.8, 4) is 0 Å². The van der Waals surface area contributed by atoms with Crippen LogP contribution in [0.1, 0.15) is 98.3 Å². The van der Waals surface area contributed by atoms with E-state index in [-0.39, 0.29) is 0 Å². The van der Waals surface area contributed by atoms with Crippen molar-refractivity contribution >= 4 is 0 Å². The van der Waals surface area contributed by atoms with Gasteiger partial charge in [0.2, 0.25) is 0 Å². The second kappa shape index (κ2) is 18.3. The maximum absolute atomic E-state index is 5.84. The van der Waals surface area contributed by atoms with E-state index in [0.29, 0.717) is 0 Å². The molecular weight excluding hydrogens is 284 g/mol. The van der Waals surface area contributed by atoms with Gasteiger partial charge in [-0.1, -0.05) is 72.6 Å². The SMILES string of the molecule is CCCCCCOCCC(CCOCCCCC)CCC(C)C. The molecule has 0 saturated carbocycles. The van der Waals surface area contributed by atoms with E-state index >= 15 is 0 Å². The average molecular weight is 329 g/mol. The summed E-state index contributed by atoms with van der Waals surface area (Å²) in [5.41, 5.74) is 0. The first-order valence-corrected chi connectivity index (χ1v) is 10.4. The summed E-state index contributed by atoms with van der Waals surface area (Å²) in [5.74, 6) is 1.58. The monoisotopic (exact) mass is 328 g/mol. The summed E-state index contributed by atoms with van der Waals surface area (Å²) >= 11 is 0. The van der Waals surface area contributed by atoms with Crippen LogP contribution in [0.15, 0.2) is 0 Å². The maximum atomic E-state index is 5.84. The van der Waals surface area contributed by atoms with E-state index in [1.807, 2.05) is 0 Å². The van der Waals surface area contributed by atoms with Crippen molar-refractivity contribution in [3.63, 3.8) is 0 Å². The summed E-state index contributed by atoms with van der Waals surface area (Å²) in [6.07, 6.45) is 14.0. The topological polar surface area (TPSA) is 18.5 Å². The Morgan fingerprint density at radius 3 is 1.61 bits per heavy atom. The van der Waals surface area contributed by atoms with Crippen LogP contribution in [0.2, 0.25) is 0 Å². The highest BCUT2D eigenvalue weighted by molar-refractivity contribution is 4.61. The lowest BCUT2D eigenvalue weighted by atomic mass is 9.93. The third kappa shape index (κ3) is 18.1. The number of hydrogen-bond acceptors (Lipinski definition) is 2. The Bertz CT molecular complexity index is 216. The maximum Gasteiger partial charge on any atom is 0.0468 e. The van der Waals surface area contributed by atoms with Gasteiger partial charge in [-0.2, -0.15) is 0 Å². The molecule has 0 aromatic carbocycles. The van der Waals surface area contributed by atoms with Crippen molar-refractivity contribution in [2.45, 2.75) is 98.3 Å². The molecule has 140 valence electrons. The Hall–Kier alpha value is -0.0800. The van der Waals surface area contributed by atoms with Crippen LogP contribution >= 0.6 is 0 Å². The van der Waals surface area contributed by atoms with Crippen molar-refractivity contribution in [1.29, 1.82) is 0 Å². The fraction of sp³-hybridized carbons (Fsp3) is 1.00. The van der Waals surface area contributed by atoms with Crippen LogP contribution in [0.4, 0.5) is 0 Å². The minimum absolute atomic E-state index is 0.777. The first-order valence-electron chi connectivity index (χ1n) is 10.4. The number of hydrogen-bond donors (Lipinski definition) is 0. The van der Waals surface area contributed by atoms with Crippen LogP contribution in [0.25, 0.3) is 0 Å². The molecule has 0 heterocycles. The van der Waals surface area contributed by atoms with E-state index in [1.165, 1.54) is 70.6 Å². The zero-order valence-corrected chi connectivity index (χ0v) is 16.6. The second-order valence-electron chi connectivity index (χ2n) is 7.41. The summed E-state index contributed by atoms with van der Waals surface area (Å²) in [6.45, 7) is 12.9. The van der Waals surface area contributed by atoms with Gasteiger partial charge in [-0.3, -0.25) is 0 Å². The van der Waals surface area contributed by atoms with Crippen LogP contribution in [0.3, 0.4) is 0 Å². The molecule has 23 heavy (non-hydrogen) atoms. The molecule has 0 N–H and O–H groups in total. The normalized spacial score (nSPS) is 12.9. The van der Waals surface area contributed by atoms with E-state index in [1.54, 1.807) is 0 Å². The van der Waals surface area contributed by atoms with Gasteiger partial charge in [0.15, 0.2) is 0 Å². The molecule has 0 spiro atoms. The first-order chi connectivity index (χ1) is 11.2. The Morgan fingerprint density at radius 1 is 0.565 bits per heavy atom. The van der Waals surface area contributed by atoms with E-state index in [2.05, 4.69) is 27.7 Å². The highest BCUT2D eigenvalue weighted by Crippen LogP contribution is 2.19. The molecule has 0 aromatic rings. The predicted molar refractivity (Wildman–Crippen MR) is 102 cm³/mol. The minimum Gasteiger partial charge on any atom is -0.381 e. The Labute approximate surface area is 146 Å². The van der Waals surface area contributed by atoms with Gasteiger partial charge in [0.25, 0.3) is 0 Å². The fourth-order valence-corrected chi connectivity index (χ4v) is 2.79. The number of rotatable bonds is 18. The van der Waals surface area contributed by atoms with E-state index in [9.17, 15) is 0 Å². The van der Waals surface area contributed by atoms with Gasteiger partial charge in [0.05, 0.1) is 0 Å². The molecule has 0 aliphatic heterocycles. The molecule has 0 amide bonds. The average Bonchev–Trinajstić information content (AvgIpc) is 2.53. The van der Waals surface area contributed by atoms with E-state index in [4.69, 9.17) is 9.47 Å². The largest absolute Gasteiger partial charge is 0.381 e. The predicted octanol–water partition coefficient (Wildman–Crippen LogP) is 6.62. The molecule has 2 nitrogen and oxygen atoms in total. The second-order valence-corrected chi connectivity index (χ2v) is 7.41. The van der Waals surface area contributed by atoms with Gasteiger partial charge in [-0.25, -0.2) is 0 Å². The summed E-state index contributed by atoms with van der Waals surface area (Å²) in [7, 11) is 0. The van der Waals surface area contributed by atoms with Crippen molar-refractivity contribution < 1.29 is 9.47 Å². The zero-order chi connectivity index (χ0) is 17.2. The van der Waals surface area contributed by atoms with Gasteiger partial charge in [0.1, 0.15) is 0 Å². The zero-order valence-electron chi connectivity index (χ0n) is 16.6. The molecule has 0 saturated heterocycles. The third-order valence-corrected chi connectivity index (χ3v) is 4.53. The van der Waals surface area contributed by atoms with Gasteiger partial charge >= 0.3 is 0 Å². The van der Waals surface area contributed by atoms with Crippen LogP contribution in [0.5, 0.6) is 0 Å². The van der Waals surface area contributed by atoms with Gasteiger partial charge in [0, 0.05) is 26.4 Å². The molecule has 0 radical (unpaired) electrons. The van der Waals surface area contributed by atoms with Crippen LogP contribution in [-0.2, 0) is 9.47 Å². The van der Waals surface area contributed by atoms with E-state index in [0.717, 1.165) is 38.3 Å². The lowest BCUT2D eigenvalue weighted by Crippen LogP contribution is -2.11. The van der Waals surface area contributed by atoms with Crippen molar-refractivity contribution in [2.24, 2.45) is 11.8 Å². The first kappa shape index (κ1) is 22.9. The highest BCUT2D eigenvalue weighted by atomic mass is 16.5. The summed E-state index contributed by atoms with van der Waals surface area (Å²) < 4.78 is 11.6. The van der Waals surface area contributed by atoms with Gasteiger partial charge < -0.3 is 9.47 Å². The molecule has 1 unspecified atom stereocenters. The molecule has 0 aromatic heterocycles. The van der Waals surface area contributed by atoms with Gasteiger partial charge in [-0.15, -0.1) is 0 Å². The molecule has 0 bridgehead atoms. The lowest BCUT2D eigenvalue weighted by Gasteiger charge is -2.18. The molecule has 0 aliphatic rings. The summed E-state index contributed by atoms with van der Waals surface area (Å²) in [5, 5.41) is 0. The molecule has 0 rings (SSSR count). The van der Waals surface area contributed by atoms with Crippen molar-refractivity contribution in [1.82, 2.24) is 0 Å². The standard InChI is InChI=1S/C21H44O2/c1-5-7-9-11-17-23-19-15-21(13-12-20(3)4)14-18-22-16-10-8-6-2/h20-21H,5-19H2,1-4H3. The molecule has 1 atom stereocenters. The Morgan fingerprint density at radius 2 is 1.09 bits per heavy atom. The minimum atomic E-state index is 0.777. The third-order valence-electron chi connectivity index (χ3n) is 4.53. The van der Waals surface area contributed by atoms with E-state index < -0.39 is 0 Å². The van der Waals surface area contributed by atoms with Crippen molar-refractivity contribution in [3.05, 3.63) is 0 Å². The van der Waals surface area contributed by atoms with Gasteiger partial charge in [-0.05, 0) is 37.5 Å². The number of unbranched alkanes of at least 4 members (excludes halogenated alkanes) is 5. The van der Waals surface area contributed by atoms with Crippen molar-refractivity contribution in [2.75, 3.05) is 26.4 Å². The Balaban J connectivity index is 3.69. The Kier molecular flexibility index (Phi) is 18.2. The fourth-order valence-electron chi connectivity index (χ4n) is 2.79. The summed E-state index contributed by atoms with van der Waals surface area (Å²) in [6, 6.07) is 0. The quantitative estimate of drug-likeness (QED) is 0.263. The van der Waals surface area contributed by atoms with Crippen LogP contribution in [-0.4, -0.2) is 26.4 Å². The van der Waals surface area contributed by atoms with Crippen LogP contribution in [0, 0.1) is 11.8 Å². The smallest absolute Gasteiger partial charge is 0.0468 e. The molecule has 0 aliphatic carbocycles. The number of ether oxygens (including phenoxy) is 2. The van der Waals surface area contributed by atoms with Crippen LogP contribution < -0.4 is 0 Å². The molecule has 0 fully saturated rings. The summed E-state index contributed by atoms with van der Waals surface area (Å²) in [4.78, 5) is 0. The highest BCUT2D eigenvalue weighted by Gasteiger charge is 2.10.